The molecule has 3 amide bonds. The molecule has 2 heterocycles. The third-order valence-corrected chi connectivity index (χ3v) is 5.32. The van der Waals surface area contributed by atoms with Crippen LogP contribution in [0.4, 0.5) is 0 Å². The molecule has 1 aromatic heterocycles. The van der Waals surface area contributed by atoms with E-state index in [1.54, 1.807) is 0 Å². The maximum absolute atomic E-state index is 12.4. The highest BCUT2D eigenvalue weighted by molar-refractivity contribution is 6.05. The Bertz CT molecular complexity index is 911. The third kappa shape index (κ3) is 4.11. The molecule has 1 saturated heterocycles. The Balaban J connectivity index is 1.22. The summed E-state index contributed by atoms with van der Waals surface area (Å²) in [6.45, 7) is 0.410. The summed E-state index contributed by atoms with van der Waals surface area (Å²) in [5, 5.41) is 6.63. The van der Waals surface area contributed by atoms with Crippen molar-refractivity contribution in [1.82, 2.24) is 20.4 Å². The quantitative estimate of drug-likeness (QED) is 0.569. The number of hydrogen-bond acceptors (Lipinski definition) is 6. The van der Waals surface area contributed by atoms with Gasteiger partial charge in [-0.15, -0.1) is 0 Å². The number of nitrogens with one attached hydrogen (secondary N) is 1. The molecule has 1 aromatic carbocycles. The van der Waals surface area contributed by atoms with Gasteiger partial charge in [-0.1, -0.05) is 47.6 Å². The van der Waals surface area contributed by atoms with Crippen LogP contribution < -0.4 is 5.32 Å². The summed E-state index contributed by atoms with van der Waals surface area (Å²) in [6.07, 6.45) is 5.82. The molecule has 8 nitrogen and oxygen atoms in total. The molecule has 1 fully saturated rings. The number of aromatic nitrogens is 2. The van der Waals surface area contributed by atoms with Crippen LogP contribution in [-0.4, -0.2) is 39.3 Å². The van der Waals surface area contributed by atoms with Crippen molar-refractivity contribution in [2.24, 2.45) is 11.8 Å². The Hall–Kier alpha value is -3.29. The Morgan fingerprint density at radius 2 is 1.79 bits per heavy atom. The number of nitrogens with zero attached hydrogens (tertiary/aromatic N) is 3. The number of hydrogen-bond donors (Lipinski definition) is 1. The number of allylic oxidation sites excluding steroid dienone is 2. The lowest BCUT2D eigenvalue weighted by atomic mass is 9.85. The topological polar surface area (TPSA) is 105 Å². The molecule has 0 spiro atoms. The smallest absolute Gasteiger partial charge is 0.246 e. The maximum atomic E-state index is 12.4. The second-order valence-electron chi connectivity index (χ2n) is 7.24. The predicted octanol–water partition coefficient (Wildman–Crippen LogP) is 2.08. The van der Waals surface area contributed by atoms with Crippen molar-refractivity contribution in [2.45, 2.75) is 32.2 Å². The van der Waals surface area contributed by atoms with Crippen molar-refractivity contribution in [3.8, 4) is 11.4 Å². The van der Waals surface area contributed by atoms with Gasteiger partial charge in [0, 0.05) is 18.5 Å². The van der Waals surface area contributed by atoms with Gasteiger partial charge in [-0.2, -0.15) is 4.98 Å². The lowest BCUT2D eigenvalue weighted by molar-refractivity contribution is -0.140. The van der Waals surface area contributed by atoms with E-state index in [0.717, 1.165) is 5.56 Å². The molecular formula is C21H22N4O4. The van der Waals surface area contributed by atoms with Crippen LogP contribution in [0.5, 0.6) is 0 Å². The number of benzene rings is 1. The highest BCUT2D eigenvalue weighted by Gasteiger charge is 2.46. The number of likely N-dealkylation sites (tertiary alicyclic amines) is 1. The first kappa shape index (κ1) is 19.0. The van der Waals surface area contributed by atoms with Crippen molar-refractivity contribution in [1.29, 1.82) is 0 Å². The average molecular weight is 394 g/mol. The average Bonchev–Trinajstić information content (AvgIpc) is 3.32. The SMILES string of the molecule is O=C(CCCN1C(=O)[C@@H]2CC=CC[C@H]2C1=O)NCc1nc(-c2ccccc2)no1. The van der Waals surface area contributed by atoms with E-state index in [-0.39, 0.29) is 49.1 Å². The molecule has 0 radical (unpaired) electrons. The van der Waals surface area contributed by atoms with Crippen LogP contribution in [0.15, 0.2) is 47.0 Å². The van der Waals surface area contributed by atoms with E-state index in [1.165, 1.54) is 4.90 Å². The maximum Gasteiger partial charge on any atom is 0.246 e. The van der Waals surface area contributed by atoms with Crippen molar-refractivity contribution in [3.05, 3.63) is 48.4 Å². The molecule has 0 bridgehead atoms. The van der Waals surface area contributed by atoms with Gasteiger partial charge in [0.15, 0.2) is 0 Å². The van der Waals surface area contributed by atoms with Crippen LogP contribution in [0.3, 0.4) is 0 Å². The zero-order valence-electron chi connectivity index (χ0n) is 15.9. The van der Waals surface area contributed by atoms with Crippen LogP contribution in [0.25, 0.3) is 11.4 Å². The second kappa shape index (κ2) is 8.38. The van der Waals surface area contributed by atoms with E-state index in [4.69, 9.17) is 4.52 Å². The van der Waals surface area contributed by atoms with Gasteiger partial charge < -0.3 is 9.84 Å². The molecule has 29 heavy (non-hydrogen) atoms. The molecular weight excluding hydrogens is 372 g/mol. The number of fused-ring (bicyclic) bond motifs is 1. The molecule has 1 aliphatic heterocycles. The summed E-state index contributed by atoms with van der Waals surface area (Å²) >= 11 is 0. The van der Waals surface area contributed by atoms with Crippen molar-refractivity contribution in [2.75, 3.05) is 6.54 Å². The molecule has 150 valence electrons. The fourth-order valence-corrected chi connectivity index (χ4v) is 3.78. The first-order valence-electron chi connectivity index (χ1n) is 9.78. The van der Waals surface area contributed by atoms with Crippen molar-refractivity contribution < 1.29 is 18.9 Å². The van der Waals surface area contributed by atoms with Crippen LogP contribution in [0, 0.1) is 11.8 Å². The largest absolute Gasteiger partial charge is 0.347 e. The van der Waals surface area contributed by atoms with Crippen LogP contribution in [-0.2, 0) is 20.9 Å². The second-order valence-corrected chi connectivity index (χ2v) is 7.24. The number of carbonyl (C=O) groups is 3. The lowest BCUT2D eigenvalue weighted by Gasteiger charge is -2.14. The van der Waals surface area contributed by atoms with Gasteiger partial charge in [0.2, 0.25) is 29.4 Å². The van der Waals surface area contributed by atoms with E-state index in [1.807, 2.05) is 42.5 Å². The molecule has 8 heteroatoms. The predicted molar refractivity (Wildman–Crippen MR) is 103 cm³/mol. The first-order chi connectivity index (χ1) is 14.1. The van der Waals surface area contributed by atoms with E-state index >= 15 is 0 Å². The minimum atomic E-state index is -0.224. The molecule has 1 aliphatic carbocycles. The Morgan fingerprint density at radius 1 is 1.10 bits per heavy atom. The van der Waals surface area contributed by atoms with Gasteiger partial charge in [0.1, 0.15) is 0 Å². The number of rotatable bonds is 7. The van der Waals surface area contributed by atoms with E-state index in [9.17, 15) is 14.4 Å². The number of amides is 3. The minimum absolute atomic E-state index is 0.107. The fraction of sp³-hybridized carbons (Fsp3) is 0.381. The molecule has 2 aromatic rings. The Morgan fingerprint density at radius 3 is 2.48 bits per heavy atom. The monoisotopic (exact) mass is 394 g/mol. The summed E-state index contributed by atoms with van der Waals surface area (Å²) in [6, 6.07) is 9.42. The lowest BCUT2D eigenvalue weighted by Crippen LogP contribution is -2.33. The van der Waals surface area contributed by atoms with Gasteiger partial charge in [0.25, 0.3) is 0 Å². The number of imide groups is 1. The van der Waals surface area contributed by atoms with E-state index < -0.39 is 0 Å². The zero-order chi connectivity index (χ0) is 20.2. The molecule has 4 rings (SSSR count). The van der Waals surface area contributed by atoms with Gasteiger partial charge in [-0.3, -0.25) is 19.3 Å². The minimum Gasteiger partial charge on any atom is -0.347 e. The first-order valence-corrected chi connectivity index (χ1v) is 9.78. The van der Waals surface area contributed by atoms with Gasteiger partial charge in [0.05, 0.1) is 18.4 Å². The molecule has 1 N–H and O–H groups in total. The summed E-state index contributed by atoms with van der Waals surface area (Å²) < 4.78 is 5.16. The van der Waals surface area contributed by atoms with E-state index in [2.05, 4.69) is 15.5 Å². The summed E-state index contributed by atoms with van der Waals surface area (Å²) in [4.78, 5) is 42.5. The molecule has 0 saturated carbocycles. The Kier molecular flexibility index (Phi) is 5.50. The van der Waals surface area contributed by atoms with Gasteiger partial charge in [-0.05, 0) is 19.3 Å². The van der Waals surface area contributed by atoms with Crippen LogP contribution in [0.2, 0.25) is 0 Å². The molecule has 2 atom stereocenters. The fourth-order valence-electron chi connectivity index (χ4n) is 3.78. The number of carbonyl (C=O) groups excluding carboxylic acids is 3. The van der Waals surface area contributed by atoms with Crippen molar-refractivity contribution in [3.63, 3.8) is 0 Å². The standard InChI is InChI=1S/C21H22N4O4/c26-17(22-13-18-23-19(24-29-18)14-7-2-1-3-8-14)11-6-12-25-20(27)15-9-4-5-10-16(15)21(25)28/h1-5,7-8,15-16H,6,9-13H2,(H,22,26)/t15-,16-/m1/s1. The van der Waals surface area contributed by atoms with Gasteiger partial charge >= 0.3 is 0 Å². The van der Waals surface area contributed by atoms with E-state index in [0.29, 0.717) is 31.0 Å². The van der Waals surface area contributed by atoms with Crippen LogP contribution in [0.1, 0.15) is 31.6 Å². The van der Waals surface area contributed by atoms with Gasteiger partial charge in [-0.25, -0.2) is 0 Å². The highest BCUT2D eigenvalue weighted by atomic mass is 16.5. The highest BCUT2D eigenvalue weighted by Crippen LogP contribution is 2.35. The summed E-state index contributed by atoms with van der Waals surface area (Å²) in [5.74, 6) is -0.0679. The Labute approximate surface area is 168 Å². The van der Waals surface area contributed by atoms with Crippen LogP contribution >= 0.6 is 0 Å². The molecule has 2 aliphatic rings. The van der Waals surface area contributed by atoms with Crippen molar-refractivity contribution >= 4 is 17.7 Å². The zero-order valence-corrected chi connectivity index (χ0v) is 15.9. The normalized spacial score (nSPS) is 20.8. The molecule has 0 unspecified atom stereocenters. The summed E-state index contributed by atoms with van der Waals surface area (Å²) in [5.41, 5.74) is 0.838. The third-order valence-electron chi connectivity index (χ3n) is 5.32. The summed E-state index contributed by atoms with van der Waals surface area (Å²) in [7, 11) is 0.